The van der Waals surface area contributed by atoms with Crippen molar-refractivity contribution in [1.29, 1.82) is 0 Å². The summed E-state index contributed by atoms with van der Waals surface area (Å²) < 4.78 is 1.87. The number of anilines is 1. The summed E-state index contributed by atoms with van der Waals surface area (Å²) in [5.41, 5.74) is 0.678. The van der Waals surface area contributed by atoms with Gasteiger partial charge in [0, 0.05) is 6.54 Å². The van der Waals surface area contributed by atoms with E-state index in [2.05, 4.69) is 41.2 Å². The maximum atomic E-state index is 8.81. The molecule has 0 atom stereocenters. The smallest absolute Gasteiger partial charge is 0.163 e. The maximum Gasteiger partial charge on any atom is 0.163 e. The Morgan fingerprint density at radius 2 is 2.12 bits per heavy atom. The van der Waals surface area contributed by atoms with Gasteiger partial charge < -0.3 is 10.4 Å². The third-order valence-corrected chi connectivity index (χ3v) is 2.41. The minimum atomic E-state index is -0.121. The Morgan fingerprint density at radius 1 is 1.35 bits per heavy atom. The van der Waals surface area contributed by atoms with Gasteiger partial charge in [-0.3, -0.25) is 0 Å². The van der Waals surface area contributed by atoms with Crippen molar-refractivity contribution in [3.8, 4) is 0 Å². The molecule has 0 aromatic carbocycles. The molecule has 0 spiro atoms. The van der Waals surface area contributed by atoms with Crippen LogP contribution < -0.4 is 5.32 Å². The zero-order chi connectivity index (χ0) is 12.5. The quantitative estimate of drug-likeness (QED) is 0.829. The molecule has 2 rings (SSSR count). The van der Waals surface area contributed by atoms with Gasteiger partial charge in [-0.25, -0.2) is 14.6 Å². The standard InChI is InChI=1S/C11H17N5O/c1-11(2,3)16-10-8(6-15-16)9(12-4-5-17)13-7-14-10/h6-7,17H,4-5H2,1-3H3,(H,12,13,14). The van der Waals surface area contributed by atoms with Crippen LogP contribution in [0.1, 0.15) is 20.8 Å². The summed E-state index contributed by atoms with van der Waals surface area (Å²) >= 11 is 0. The molecule has 0 bridgehead atoms. The Morgan fingerprint density at radius 3 is 2.76 bits per heavy atom. The van der Waals surface area contributed by atoms with Gasteiger partial charge in [0.1, 0.15) is 12.1 Å². The zero-order valence-electron chi connectivity index (χ0n) is 10.3. The van der Waals surface area contributed by atoms with E-state index in [9.17, 15) is 0 Å². The van der Waals surface area contributed by atoms with Crippen LogP contribution in [0.25, 0.3) is 11.0 Å². The molecule has 0 saturated carbocycles. The van der Waals surface area contributed by atoms with E-state index in [0.717, 1.165) is 11.0 Å². The Bertz CT molecular complexity index is 514. The first-order valence-corrected chi connectivity index (χ1v) is 5.58. The van der Waals surface area contributed by atoms with Crippen LogP contribution in [0.4, 0.5) is 5.82 Å². The average molecular weight is 235 g/mol. The molecule has 6 heteroatoms. The average Bonchev–Trinajstić information content (AvgIpc) is 2.69. The van der Waals surface area contributed by atoms with Gasteiger partial charge in [0.05, 0.1) is 23.7 Å². The van der Waals surface area contributed by atoms with Crippen LogP contribution in [-0.4, -0.2) is 38.0 Å². The lowest BCUT2D eigenvalue weighted by atomic mass is 10.1. The summed E-state index contributed by atoms with van der Waals surface area (Å²) in [6.45, 7) is 6.75. The van der Waals surface area contributed by atoms with Crippen molar-refractivity contribution in [2.75, 3.05) is 18.5 Å². The molecule has 0 unspecified atom stereocenters. The van der Waals surface area contributed by atoms with Gasteiger partial charge in [0.15, 0.2) is 5.65 Å². The number of nitrogens with zero attached hydrogens (tertiary/aromatic N) is 4. The lowest BCUT2D eigenvalue weighted by molar-refractivity contribution is 0.311. The first kappa shape index (κ1) is 11.8. The molecule has 92 valence electrons. The molecule has 6 nitrogen and oxygen atoms in total. The predicted octanol–water partition coefficient (Wildman–Crippen LogP) is 0.985. The number of aliphatic hydroxyl groups excluding tert-OH is 1. The predicted molar refractivity (Wildman–Crippen MR) is 65.9 cm³/mol. The van der Waals surface area contributed by atoms with Gasteiger partial charge in [0.25, 0.3) is 0 Å². The van der Waals surface area contributed by atoms with Crippen molar-refractivity contribution in [1.82, 2.24) is 19.7 Å². The number of hydrogen-bond acceptors (Lipinski definition) is 5. The van der Waals surface area contributed by atoms with Gasteiger partial charge in [-0.2, -0.15) is 5.10 Å². The molecular formula is C11H17N5O. The highest BCUT2D eigenvalue weighted by molar-refractivity contribution is 5.86. The minimum Gasteiger partial charge on any atom is -0.395 e. The molecule has 0 amide bonds. The second-order valence-corrected chi connectivity index (χ2v) is 4.84. The maximum absolute atomic E-state index is 8.81. The molecule has 17 heavy (non-hydrogen) atoms. The van der Waals surface area contributed by atoms with E-state index in [1.807, 2.05) is 4.68 Å². The van der Waals surface area contributed by atoms with Crippen molar-refractivity contribution in [3.05, 3.63) is 12.5 Å². The first-order valence-electron chi connectivity index (χ1n) is 5.58. The second kappa shape index (κ2) is 4.29. The van der Waals surface area contributed by atoms with Crippen LogP contribution in [-0.2, 0) is 5.54 Å². The van der Waals surface area contributed by atoms with Gasteiger partial charge in [-0.15, -0.1) is 0 Å². The molecule has 0 radical (unpaired) electrons. The molecule has 0 aliphatic heterocycles. The van der Waals surface area contributed by atoms with Crippen LogP contribution in [0.5, 0.6) is 0 Å². The fourth-order valence-corrected chi connectivity index (χ4v) is 1.65. The fraction of sp³-hybridized carbons (Fsp3) is 0.545. The highest BCUT2D eigenvalue weighted by atomic mass is 16.3. The van der Waals surface area contributed by atoms with Gasteiger partial charge in [0.2, 0.25) is 0 Å². The normalized spacial score (nSPS) is 12.0. The Labute approximate surface area is 99.7 Å². The minimum absolute atomic E-state index is 0.0684. The summed E-state index contributed by atoms with van der Waals surface area (Å²) in [5.74, 6) is 0.708. The molecule has 2 heterocycles. The number of rotatable bonds is 3. The van der Waals surface area contributed by atoms with E-state index in [4.69, 9.17) is 5.11 Å². The van der Waals surface area contributed by atoms with Gasteiger partial charge >= 0.3 is 0 Å². The molecule has 0 aliphatic rings. The third kappa shape index (κ3) is 2.21. The lowest BCUT2D eigenvalue weighted by Gasteiger charge is -2.19. The summed E-state index contributed by atoms with van der Waals surface area (Å²) in [4.78, 5) is 8.42. The fourth-order valence-electron chi connectivity index (χ4n) is 1.65. The van der Waals surface area contributed by atoms with Crippen molar-refractivity contribution in [2.45, 2.75) is 26.3 Å². The Hall–Kier alpha value is -1.69. The van der Waals surface area contributed by atoms with E-state index in [-0.39, 0.29) is 12.1 Å². The van der Waals surface area contributed by atoms with Crippen LogP contribution >= 0.6 is 0 Å². The molecule has 2 N–H and O–H groups in total. The summed E-state index contributed by atoms with van der Waals surface area (Å²) in [6.07, 6.45) is 3.26. The zero-order valence-corrected chi connectivity index (χ0v) is 10.3. The van der Waals surface area contributed by atoms with E-state index >= 15 is 0 Å². The first-order chi connectivity index (χ1) is 8.04. The molecule has 0 fully saturated rings. The van der Waals surface area contributed by atoms with Crippen molar-refractivity contribution in [2.24, 2.45) is 0 Å². The molecule has 0 aliphatic carbocycles. The monoisotopic (exact) mass is 235 g/mol. The highest BCUT2D eigenvalue weighted by Gasteiger charge is 2.19. The van der Waals surface area contributed by atoms with E-state index in [0.29, 0.717) is 12.4 Å². The summed E-state index contributed by atoms with van der Waals surface area (Å²) in [7, 11) is 0. The Balaban J connectivity index is 2.49. The molecule has 2 aromatic rings. The van der Waals surface area contributed by atoms with E-state index in [1.54, 1.807) is 6.20 Å². The molecular weight excluding hydrogens is 218 g/mol. The van der Waals surface area contributed by atoms with Gasteiger partial charge in [-0.1, -0.05) is 0 Å². The van der Waals surface area contributed by atoms with E-state index in [1.165, 1.54) is 6.33 Å². The number of aromatic nitrogens is 4. The topological polar surface area (TPSA) is 75.9 Å². The molecule has 0 saturated heterocycles. The SMILES string of the molecule is CC(C)(C)n1ncc2c(NCCO)ncnc21. The van der Waals surface area contributed by atoms with Crippen molar-refractivity contribution >= 4 is 16.9 Å². The largest absolute Gasteiger partial charge is 0.395 e. The van der Waals surface area contributed by atoms with Crippen LogP contribution in [0.2, 0.25) is 0 Å². The summed E-state index contributed by atoms with van der Waals surface area (Å²) in [6, 6.07) is 0. The highest BCUT2D eigenvalue weighted by Crippen LogP contribution is 2.23. The summed E-state index contributed by atoms with van der Waals surface area (Å²) in [5, 5.41) is 17.1. The second-order valence-electron chi connectivity index (χ2n) is 4.84. The number of hydrogen-bond donors (Lipinski definition) is 2. The van der Waals surface area contributed by atoms with Crippen molar-refractivity contribution < 1.29 is 5.11 Å². The van der Waals surface area contributed by atoms with Crippen LogP contribution in [0.3, 0.4) is 0 Å². The van der Waals surface area contributed by atoms with Crippen molar-refractivity contribution in [3.63, 3.8) is 0 Å². The van der Waals surface area contributed by atoms with Gasteiger partial charge in [-0.05, 0) is 20.8 Å². The van der Waals surface area contributed by atoms with E-state index < -0.39 is 0 Å². The number of fused-ring (bicyclic) bond motifs is 1. The molecule has 2 aromatic heterocycles. The third-order valence-electron chi connectivity index (χ3n) is 2.41. The Kier molecular flexibility index (Phi) is 2.97. The van der Waals surface area contributed by atoms with Crippen LogP contribution in [0.15, 0.2) is 12.5 Å². The lowest BCUT2D eigenvalue weighted by Crippen LogP contribution is -2.23. The van der Waals surface area contributed by atoms with Crippen LogP contribution in [0, 0.1) is 0 Å². The number of nitrogens with one attached hydrogen (secondary N) is 1. The number of aliphatic hydroxyl groups is 1.